The molecule has 8 heteroatoms. The summed E-state index contributed by atoms with van der Waals surface area (Å²) < 4.78 is 5.61. The van der Waals surface area contributed by atoms with Gasteiger partial charge < -0.3 is 25.6 Å². The predicted octanol–water partition coefficient (Wildman–Crippen LogP) is 3.28. The van der Waals surface area contributed by atoms with Crippen LogP contribution in [-0.4, -0.2) is 54.0 Å². The molecule has 4 rings (SSSR count). The van der Waals surface area contributed by atoms with Gasteiger partial charge >= 0.3 is 12.1 Å². The number of amides is 2. The fraction of sp³-hybridized carbons (Fsp3) is 0.444. The Hall–Kier alpha value is -3.39. The van der Waals surface area contributed by atoms with Crippen LogP contribution in [-0.2, 0) is 14.3 Å². The second kappa shape index (κ2) is 11.4. The first-order valence-corrected chi connectivity index (χ1v) is 12.2. The molecule has 0 heterocycles. The second-order valence-corrected chi connectivity index (χ2v) is 9.29. The number of aliphatic hydroxyl groups excluding tert-OH is 1. The summed E-state index contributed by atoms with van der Waals surface area (Å²) in [5.41, 5.74) is 4.64. The summed E-state index contributed by atoms with van der Waals surface area (Å²) in [5.74, 6) is -1.76. The third-order valence-corrected chi connectivity index (χ3v) is 7.10. The lowest BCUT2D eigenvalue weighted by Gasteiger charge is -2.30. The molecule has 1 saturated carbocycles. The van der Waals surface area contributed by atoms with Crippen molar-refractivity contribution in [3.05, 3.63) is 59.7 Å². The molecule has 2 aliphatic carbocycles. The lowest BCUT2D eigenvalue weighted by molar-refractivity contribution is -0.147. The quantitative estimate of drug-likeness (QED) is 0.437. The molecule has 0 radical (unpaired) electrons. The molecule has 3 atom stereocenters. The SMILES string of the molecule is O=C(NCC1CCCCC1C(=O)NCC[C@H](O)C(=O)O)OCC1c2ccccc2-c2ccccc21. The van der Waals surface area contributed by atoms with Crippen LogP contribution in [0.4, 0.5) is 4.79 Å². The number of aliphatic hydroxyl groups is 1. The molecule has 0 saturated heterocycles. The Labute approximate surface area is 204 Å². The van der Waals surface area contributed by atoms with E-state index in [4.69, 9.17) is 9.84 Å². The van der Waals surface area contributed by atoms with Crippen LogP contribution in [0.3, 0.4) is 0 Å². The van der Waals surface area contributed by atoms with Gasteiger partial charge in [0.25, 0.3) is 0 Å². The van der Waals surface area contributed by atoms with Crippen molar-refractivity contribution in [3.8, 4) is 11.1 Å². The number of carboxylic acid groups (broad SMARTS) is 1. The molecule has 0 aromatic heterocycles. The summed E-state index contributed by atoms with van der Waals surface area (Å²) in [6, 6.07) is 16.3. The topological polar surface area (TPSA) is 125 Å². The highest BCUT2D eigenvalue weighted by Gasteiger charge is 2.32. The van der Waals surface area contributed by atoms with Gasteiger partial charge in [0.05, 0.1) is 0 Å². The van der Waals surface area contributed by atoms with Crippen LogP contribution in [0.15, 0.2) is 48.5 Å². The lowest BCUT2D eigenvalue weighted by Crippen LogP contribution is -2.42. The Morgan fingerprint density at radius 2 is 1.57 bits per heavy atom. The Morgan fingerprint density at radius 1 is 0.943 bits per heavy atom. The molecule has 2 unspecified atom stereocenters. The highest BCUT2D eigenvalue weighted by atomic mass is 16.5. The summed E-state index contributed by atoms with van der Waals surface area (Å²) >= 11 is 0. The van der Waals surface area contributed by atoms with E-state index in [1.807, 2.05) is 24.3 Å². The van der Waals surface area contributed by atoms with Gasteiger partial charge in [-0.3, -0.25) is 4.79 Å². The number of nitrogens with one attached hydrogen (secondary N) is 2. The highest BCUT2D eigenvalue weighted by Crippen LogP contribution is 2.44. The largest absolute Gasteiger partial charge is 0.479 e. The van der Waals surface area contributed by atoms with Gasteiger partial charge in [0, 0.05) is 31.3 Å². The zero-order chi connectivity index (χ0) is 24.8. The number of carbonyl (C=O) groups excluding carboxylic acids is 2. The number of fused-ring (bicyclic) bond motifs is 3. The van der Waals surface area contributed by atoms with Crippen LogP contribution in [0.2, 0.25) is 0 Å². The average Bonchev–Trinajstić information content (AvgIpc) is 3.20. The average molecular weight is 481 g/mol. The zero-order valence-corrected chi connectivity index (χ0v) is 19.6. The number of alkyl carbamates (subject to hydrolysis) is 1. The van der Waals surface area contributed by atoms with Crippen molar-refractivity contribution < 1.29 is 29.3 Å². The molecule has 0 bridgehead atoms. The van der Waals surface area contributed by atoms with E-state index in [0.29, 0.717) is 13.0 Å². The van der Waals surface area contributed by atoms with E-state index in [-0.39, 0.29) is 43.2 Å². The van der Waals surface area contributed by atoms with E-state index in [2.05, 4.69) is 34.9 Å². The number of benzene rings is 2. The fourth-order valence-corrected chi connectivity index (χ4v) is 5.25. The maximum Gasteiger partial charge on any atom is 0.407 e. The van der Waals surface area contributed by atoms with Gasteiger partial charge in [0.15, 0.2) is 6.10 Å². The molecule has 2 amide bonds. The maximum atomic E-state index is 12.7. The maximum absolute atomic E-state index is 12.7. The Kier molecular flexibility index (Phi) is 8.02. The van der Waals surface area contributed by atoms with E-state index in [1.54, 1.807) is 0 Å². The summed E-state index contributed by atoms with van der Waals surface area (Å²) in [5, 5.41) is 23.7. The minimum atomic E-state index is -1.49. The first-order valence-electron chi connectivity index (χ1n) is 12.2. The first-order chi connectivity index (χ1) is 17.0. The number of carboxylic acids is 1. The minimum absolute atomic E-state index is 0.0116. The third kappa shape index (κ3) is 5.82. The molecule has 1 fully saturated rings. The number of hydrogen-bond acceptors (Lipinski definition) is 5. The van der Waals surface area contributed by atoms with Crippen molar-refractivity contribution in [2.75, 3.05) is 19.7 Å². The smallest absolute Gasteiger partial charge is 0.407 e. The molecule has 2 aliphatic rings. The monoisotopic (exact) mass is 480 g/mol. The molecule has 2 aromatic carbocycles. The molecule has 0 spiro atoms. The Bertz CT molecular complexity index is 1030. The number of ether oxygens (including phenoxy) is 1. The minimum Gasteiger partial charge on any atom is -0.479 e. The molecule has 0 aliphatic heterocycles. The van der Waals surface area contributed by atoms with Crippen LogP contribution < -0.4 is 10.6 Å². The molecular formula is C27H32N2O6. The van der Waals surface area contributed by atoms with Crippen LogP contribution in [0.25, 0.3) is 11.1 Å². The van der Waals surface area contributed by atoms with Gasteiger partial charge in [-0.25, -0.2) is 9.59 Å². The van der Waals surface area contributed by atoms with E-state index in [0.717, 1.165) is 30.4 Å². The Balaban J connectivity index is 1.28. The molecule has 2 aromatic rings. The van der Waals surface area contributed by atoms with Crippen LogP contribution >= 0.6 is 0 Å². The second-order valence-electron chi connectivity index (χ2n) is 9.29. The van der Waals surface area contributed by atoms with Gasteiger partial charge in [-0.2, -0.15) is 0 Å². The van der Waals surface area contributed by atoms with Crippen molar-refractivity contribution in [1.29, 1.82) is 0 Å². The van der Waals surface area contributed by atoms with Crippen LogP contribution in [0, 0.1) is 11.8 Å². The van der Waals surface area contributed by atoms with Crippen LogP contribution in [0.1, 0.15) is 49.1 Å². The van der Waals surface area contributed by atoms with Gasteiger partial charge in [0.1, 0.15) is 6.61 Å². The lowest BCUT2D eigenvalue weighted by atomic mass is 9.78. The van der Waals surface area contributed by atoms with Crippen molar-refractivity contribution in [2.45, 2.75) is 44.1 Å². The zero-order valence-electron chi connectivity index (χ0n) is 19.6. The first kappa shape index (κ1) is 24.7. The fourth-order valence-electron chi connectivity index (χ4n) is 5.25. The molecule has 4 N–H and O–H groups in total. The third-order valence-electron chi connectivity index (χ3n) is 7.10. The summed E-state index contributed by atoms with van der Waals surface area (Å²) in [6.45, 7) is 0.669. The summed E-state index contributed by atoms with van der Waals surface area (Å²) in [6.07, 6.45) is 1.41. The van der Waals surface area contributed by atoms with Crippen molar-refractivity contribution in [2.24, 2.45) is 11.8 Å². The molecule has 8 nitrogen and oxygen atoms in total. The van der Waals surface area contributed by atoms with Crippen LogP contribution in [0.5, 0.6) is 0 Å². The summed E-state index contributed by atoms with van der Waals surface area (Å²) in [4.78, 5) is 35.9. The molecule has 186 valence electrons. The summed E-state index contributed by atoms with van der Waals surface area (Å²) in [7, 11) is 0. The van der Waals surface area contributed by atoms with Gasteiger partial charge in [-0.15, -0.1) is 0 Å². The van der Waals surface area contributed by atoms with E-state index >= 15 is 0 Å². The van der Waals surface area contributed by atoms with Crippen molar-refractivity contribution in [3.63, 3.8) is 0 Å². The van der Waals surface area contributed by atoms with E-state index in [1.165, 1.54) is 11.1 Å². The standard InChI is InChI=1S/C27H32N2O6/c30-24(26(32)33)13-14-28-25(31)18-8-2-1-7-17(18)15-29-27(34)35-16-23-21-11-5-3-9-19(21)20-10-4-6-12-22(20)23/h3-6,9-12,17-18,23-24,30H,1-2,7-8,13-16H2,(H,28,31)(H,29,34)(H,32,33)/t17?,18?,24-/m0/s1. The van der Waals surface area contributed by atoms with Crippen molar-refractivity contribution in [1.82, 2.24) is 10.6 Å². The molecule has 35 heavy (non-hydrogen) atoms. The van der Waals surface area contributed by atoms with Gasteiger partial charge in [0.2, 0.25) is 5.91 Å². The number of hydrogen-bond donors (Lipinski definition) is 4. The number of rotatable bonds is 9. The van der Waals surface area contributed by atoms with E-state index < -0.39 is 18.2 Å². The normalized spacial score (nSPS) is 19.8. The van der Waals surface area contributed by atoms with E-state index in [9.17, 15) is 19.5 Å². The van der Waals surface area contributed by atoms with Crippen molar-refractivity contribution >= 4 is 18.0 Å². The van der Waals surface area contributed by atoms with Gasteiger partial charge in [-0.1, -0.05) is 61.4 Å². The highest BCUT2D eigenvalue weighted by molar-refractivity contribution is 5.80. The molecular weight excluding hydrogens is 448 g/mol. The predicted molar refractivity (Wildman–Crippen MR) is 130 cm³/mol. The number of carbonyl (C=O) groups is 3. The Morgan fingerprint density at radius 3 is 2.23 bits per heavy atom. The number of aliphatic carboxylic acids is 1. The van der Waals surface area contributed by atoms with Gasteiger partial charge in [-0.05, 0) is 41.0 Å².